The number of benzene rings is 1. The van der Waals surface area contributed by atoms with Gasteiger partial charge in [0.05, 0.1) is 0 Å². The zero-order chi connectivity index (χ0) is 9.97. The molecule has 1 aromatic rings. The standard InChI is InChI=1S/C13H13I/c1-10-2-4-11(5-3-10)12-6-8-13(14)9-7-12/h2-4,6-9,11H,5H2,1H3. The molecule has 0 bridgehead atoms. The molecule has 0 saturated carbocycles. The molecule has 0 radical (unpaired) electrons. The fraction of sp³-hybridized carbons (Fsp3) is 0.231. The molecule has 0 nitrogen and oxygen atoms in total. The van der Waals surface area contributed by atoms with E-state index in [9.17, 15) is 0 Å². The van der Waals surface area contributed by atoms with Crippen LogP contribution in [0.2, 0.25) is 0 Å². The van der Waals surface area contributed by atoms with Crippen molar-refractivity contribution >= 4 is 22.6 Å². The molecular weight excluding hydrogens is 283 g/mol. The summed E-state index contributed by atoms with van der Waals surface area (Å²) >= 11 is 2.34. The molecule has 1 aliphatic carbocycles. The Morgan fingerprint density at radius 1 is 1.21 bits per heavy atom. The van der Waals surface area contributed by atoms with Crippen LogP contribution in [0.5, 0.6) is 0 Å². The van der Waals surface area contributed by atoms with Gasteiger partial charge < -0.3 is 0 Å². The zero-order valence-electron chi connectivity index (χ0n) is 8.20. The van der Waals surface area contributed by atoms with Crippen molar-refractivity contribution in [3.63, 3.8) is 0 Å². The summed E-state index contributed by atoms with van der Waals surface area (Å²) < 4.78 is 1.30. The Kier molecular flexibility index (Phi) is 3.06. The van der Waals surface area contributed by atoms with Crippen molar-refractivity contribution in [1.29, 1.82) is 0 Å². The molecule has 2 rings (SSSR count). The summed E-state index contributed by atoms with van der Waals surface area (Å²) in [5.41, 5.74) is 2.80. The van der Waals surface area contributed by atoms with Gasteiger partial charge in [-0.05, 0) is 53.6 Å². The summed E-state index contributed by atoms with van der Waals surface area (Å²) in [5.74, 6) is 0.579. The minimum Gasteiger partial charge on any atom is -0.0807 e. The SMILES string of the molecule is CC1=CCC(c2ccc(I)cc2)C=C1. The molecule has 1 unspecified atom stereocenters. The quantitative estimate of drug-likeness (QED) is 0.679. The minimum absolute atomic E-state index is 0.579. The number of rotatable bonds is 1. The van der Waals surface area contributed by atoms with Gasteiger partial charge in [0.2, 0.25) is 0 Å². The molecule has 1 aromatic carbocycles. The van der Waals surface area contributed by atoms with E-state index in [1.165, 1.54) is 14.7 Å². The van der Waals surface area contributed by atoms with Gasteiger partial charge in [-0.3, -0.25) is 0 Å². The molecule has 0 N–H and O–H groups in total. The third kappa shape index (κ3) is 2.27. The summed E-state index contributed by atoms with van der Waals surface area (Å²) in [6.45, 7) is 2.15. The summed E-state index contributed by atoms with van der Waals surface area (Å²) in [6, 6.07) is 8.81. The topological polar surface area (TPSA) is 0 Å². The second-order valence-corrected chi connectivity index (χ2v) is 4.95. The molecule has 0 spiro atoms. The van der Waals surface area contributed by atoms with Gasteiger partial charge in [0.25, 0.3) is 0 Å². The molecule has 0 aromatic heterocycles. The van der Waals surface area contributed by atoms with Crippen molar-refractivity contribution in [3.8, 4) is 0 Å². The molecule has 0 amide bonds. The van der Waals surface area contributed by atoms with Gasteiger partial charge in [-0.2, -0.15) is 0 Å². The lowest BCUT2D eigenvalue weighted by Gasteiger charge is -2.15. The van der Waals surface area contributed by atoms with Crippen molar-refractivity contribution in [2.45, 2.75) is 19.3 Å². The third-order valence-electron chi connectivity index (χ3n) is 2.58. The molecular formula is C13H13I. The summed E-state index contributed by atoms with van der Waals surface area (Å²) in [7, 11) is 0. The van der Waals surface area contributed by atoms with Gasteiger partial charge in [-0.1, -0.05) is 35.9 Å². The smallest absolute Gasteiger partial charge is 0.0130 e. The first-order valence-electron chi connectivity index (χ1n) is 4.86. The Labute approximate surface area is 98.9 Å². The van der Waals surface area contributed by atoms with Gasteiger partial charge >= 0.3 is 0 Å². The Bertz CT molecular complexity index is 371. The van der Waals surface area contributed by atoms with Gasteiger partial charge in [0, 0.05) is 9.49 Å². The lowest BCUT2D eigenvalue weighted by atomic mass is 9.91. The lowest BCUT2D eigenvalue weighted by molar-refractivity contribution is 0.845. The van der Waals surface area contributed by atoms with Crippen molar-refractivity contribution in [2.24, 2.45) is 0 Å². The second-order valence-electron chi connectivity index (χ2n) is 3.70. The fourth-order valence-electron chi connectivity index (χ4n) is 1.68. The van der Waals surface area contributed by atoms with E-state index in [0.717, 1.165) is 6.42 Å². The predicted octanol–water partition coefficient (Wildman–Crippen LogP) is 4.28. The van der Waals surface area contributed by atoms with Crippen LogP contribution in [0.3, 0.4) is 0 Å². The van der Waals surface area contributed by atoms with E-state index in [-0.39, 0.29) is 0 Å². The first-order chi connectivity index (χ1) is 6.75. The second kappa shape index (κ2) is 4.30. The molecule has 1 heteroatoms. The minimum atomic E-state index is 0.579. The first kappa shape index (κ1) is 9.97. The maximum atomic E-state index is 2.34. The van der Waals surface area contributed by atoms with Crippen LogP contribution in [-0.4, -0.2) is 0 Å². The van der Waals surface area contributed by atoms with Crippen molar-refractivity contribution in [2.75, 3.05) is 0 Å². The molecule has 14 heavy (non-hydrogen) atoms. The fourth-order valence-corrected chi connectivity index (χ4v) is 2.04. The highest BCUT2D eigenvalue weighted by atomic mass is 127. The Hall–Kier alpha value is -0.570. The highest BCUT2D eigenvalue weighted by Crippen LogP contribution is 2.26. The highest BCUT2D eigenvalue weighted by Gasteiger charge is 2.08. The van der Waals surface area contributed by atoms with Crippen LogP contribution in [0, 0.1) is 3.57 Å². The van der Waals surface area contributed by atoms with E-state index in [0.29, 0.717) is 5.92 Å². The summed E-state index contributed by atoms with van der Waals surface area (Å²) in [5, 5.41) is 0. The number of hydrogen-bond acceptors (Lipinski definition) is 0. The highest BCUT2D eigenvalue weighted by molar-refractivity contribution is 14.1. The molecule has 0 heterocycles. The third-order valence-corrected chi connectivity index (χ3v) is 3.30. The summed E-state index contributed by atoms with van der Waals surface area (Å²) in [6.07, 6.45) is 7.97. The molecule has 1 aliphatic rings. The van der Waals surface area contributed by atoms with Crippen molar-refractivity contribution < 1.29 is 0 Å². The van der Waals surface area contributed by atoms with E-state index >= 15 is 0 Å². The zero-order valence-corrected chi connectivity index (χ0v) is 10.4. The lowest BCUT2D eigenvalue weighted by Crippen LogP contribution is -1.97. The summed E-state index contributed by atoms with van der Waals surface area (Å²) in [4.78, 5) is 0. The number of allylic oxidation sites excluding steroid dienone is 4. The van der Waals surface area contributed by atoms with Crippen LogP contribution >= 0.6 is 22.6 Å². The monoisotopic (exact) mass is 296 g/mol. The van der Waals surface area contributed by atoms with E-state index < -0.39 is 0 Å². The Balaban J connectivity index is 2.18. The molecule has 72 valence electrons. The largest absolute Gasteiger partial charge is 0.0807 e. The van der Waals surface area contributed by atoms with Gasteiger partial charge in [0.1, 0.15) is 0 Å². The Morgan fingerprint density at radius 2 is 1.93 bits per heavy atom. The maximum Gasteiger partial charge on any atom is 0.0130 e. The van der Waals surface area contributed by atoms with Crippen LogP contribution in [0.4, 0.5) is 0 Å². The Morgan fingerprint density at radius 3 is 2.50 bits per heavy atom. The van der Waals surface area contributed by atoms with E-state index in [1.807, 2.05) is 0 Å². The van der Waals surface area contributed by atoms with Crippen LogP contribution in [0.1, 0.15) is 24.8 Å². The van der Waals surface area contributed by atoms with Gasteiger partial charge in [-0.15, -0.1) is 0 Å². The van der Waals surface area contributed by atoms with E-state index in [2.05, 4.69) is 72.0 Å². The maximum absolute atomic E-state index is 2.34. The molecule has 0 saturated heterocycles. The van der Waals surface area contributed by atoms with Crippen LogP contribution in [0.15, 0.2) is 48.1 Å². The first-order valence-corrected chi connectivity index (χ1v) is 5.94. The van der Waals surface area contributed by atoms with Crippen LogP contribution in [-0.2, 0) is 0 Å². The molecule has 0 fully saturated rings. The average molecular weight is 296 g/mol. The van der Waals surface area contributed by atoms with Gasteiger partial charge in [0.15, 0.2) is 0 Å². The van der Waals surface area contributed by atoms with E-state index in [4.69, 9.17) is 0 Å². The predicted molar refractivity (Wildman–Crippen MR) is 69.4 cm³/mol. The molecule has 1 atom stereocenters. The number of halogens is 1. The number of hydrogen-bond donors (Lipinski definition) is 0. The average Bonchev–Trinajstić information content (AvgIpc) is 2.21. The van der Waals surface area contributed by atoms with E-state index in [1.54, 1.807) is 0 Å². The van der Waals surface area contributed by atoms with Crippen LogP contribution in [0.25, 0.3) is 0 Å². The van der Waals surface area contributed by atoms with Crippen molar-refractivity contribution in [3.05, 3.63) is 57.2 Å². The normalized spacial score (nSPS) is 20.7. The van der Waals surface area contributed by atoms with Crippen molar-refractivity contribution in [1.82, 2.24) is 0 Å². The van der Waals surface area contributed by atoms with Crippen LogP contribution < -0.4 is 0 Å². The van der Waals surface area contributed by atoms with Gasteiger partial charge in [-0.25, -0.2) is 0 Å². The molecule has 0 aliphatic heterocycles.